The Balaban J connectivity index is 2.94. The lowest BCUT2D eigenvalue weighted by atomic mass is 10.2. The molecule has 1 N–H and O–H groups in total. The number of nitrogens with zero attached hydrogens (tertiary/aromatic N) is 1. The maximum Gasteiger partial charge on any atom is 0.405 e. The van der Waals surface area contributed by atoms with Crippen molar-refractivity contribution in [1.82, 2.24) is 0 Å². The Labute approximate surface area is 87.3 Å². The highest BCUT2D eigenvalue weighted by Gasteiger charge is 2.27. The van der Waals surface area contributed by atoms with Crippen LogP contribution in [-0.4, -0.2) is 12.7 Å². The number of halogens is 5. The summed E-state index contributed by atoms with van der Waals surface area (Å²) in [5, 5.41) is 9.94. The van der Waals surface area contributed by atoms with Crippen LogP contribution in [0.25, 0.3) is 0 Å². The zero-order valence-electron chi connectivity index (χ0n) is 7.70. The summed E-state index contributed by atoms with van der Waals surface area (Å²) < 4.78 is 61.5. The van der Waals surface area contributed by atoms with Gasteiger partial charge in [-0.25, -0.2) is 8.78 Å². The second kappa shape index (κ2) is 4.35. The van der Waals surface area contributed by atoms with Gasteiger partial charge in [-0.3, -0.25) is 0 Å². The molecule has 0 atom stereocenters. The third kappa shape index (κ3) is 3.08. The first-order valence-electron chi connectivity index (χ1n) is 4.03. The fourth-order valence-electron chi connectivity index (χ4n) is 0.995. The van der Waals surface area contributed by atoms with Crippen LogP contribution < -0.4 is 5.32 Å². The largest absolute Gasteiger partial charge is 0.405 e. The van der Waals surface area contributed by atoms with E-state index in [1.807, 2.05) is 0 Å². The van der Waals surface area contributed by atoms with Crippen LogP contribution in [0.4, 0.5) is 27.6 Å². The highest BCUT2D eigenvalue weighted by Crippen LogP contribution is 2.23. The highest BCUT2D eigenvalue weighted by atomic mass is 19.4. The lowest BCUT2D eigenvalue weighted by Crippen LogP contribution is -2.22. The summed E-state index contributed by atoms with van der Waals surface area (Å²) >= 11 is 0. The summed E-state index contributed by atoms with van der Waals surface area (Å²) in [5.74, 6) is -2.47. The zero-order valence-corrected chi connectivity index (χ0v) is 7.70. The number of rotatable bonds is 2. The maximum atomic E-state index is 13.1. The predicted octanol–water partition coefficient (Wildman–Crippen LogP) is 2.81. The van der Waals surface area contributed by atoms with Gasteiger partial charge in [0.25, 0.3) is 0 Å². The molecule has 0 bridgehead atoms. The standard InChI is InChI=1S/C9H5F5N2/c10-6-1-5(3-15)2-7(11)8(6)16-4-9(12,13)14/h1-2,16H,4H2. The molecule has 0 radical (unpaired) electrons. The number of nitriles is 1. The molecular weight excluding hydrogens is 231 g/mol. The minimum Gasteiger partial charge on any atom is -0.372 e. The molecular formula is C9H5F5N2. The van der Waals surface area contributed by atoms with Crippen molar-refractivity contribution in [3.8, 4) is 6.07 Å². The van der Waals surface area contributed by atoms with Crippen molar-refractivity contribution in [2.24, 2.45) is 0 Å². The summed E-state index contributed by atoms with van der Waals surface area (Å²) in [4.78, 5) is 0. The van der Waals surface area contributed by atoms with E-state index in [2.05, 4.69) is 0 Å². The van der Waals surface area contributed by atoms with Crippen molar-refractivity contribution in [3.63, 3.8) is 0 Å². The topological polar surface area (TPSA) is 35.8 Å². The van der Waals surface area contributed by atoms with E-state index in [9.17, 15) is 22.0 Å². The SMILES string of the molecule is N#Cc1cc(F)c(NCC(F)(F)F)c(F)c1. The lowest BCUT2D eigenvalue weighted by Gasteiger charge is -2.11. The molecule has 2 nitrogen and oxygen atoms in total. The molecule has 86 valence electrons. The number of anilines is 1. The second-order valence-electron chi connectivity index (χ2n) is 2.90. The molecule has 0 aliphatic heterocycles. The molecule has 0 aliphatic carbocycles. The minimum atomic E-state index is -4.58. The third-order valence-corrected chi connectivity index (χ3v) is 1.64. The van der Waals surface area contributed by atoms with Gasteiger partial charge in [-0.2, -0.15) is 18.4 Å². The van der Waals surface area contributed by atoms with Gasteiger partial charge in [0.15, 0.2) is 11.6 Å². The first-order chi connectivity index (χ1) is 7.33. The Hall–Kier alpha value is -1.84. The van der Waals surface area contributed by atoms with Gasteiger partial charge in [0, 0.05) is 0 Å². The second-order valence-corrected chi connectivity index (χ2v) is 2.90. The predicted molar refractivity (Wildman–Crippen MR) is 45.6 cm³/mol. The van der Waals surface area contributed by atoms with Crippen LogP contribution in [0.15, 0.2) is 12.1 Å². The Morgan fingerprint density at radius 2 is 1.69 bits per heavy atom. The molecule has 0 spiro atoms. The van der Waals surface area contributed by atoms with Gasteiger partial charge in [0.1, 0.15) is 12.2 Å². The summed E-state index contributed by atoms with van der Waals surface area (Å²) in [6, 6.07) is 2.79. The van der Waals surface area contributed by atoms with Crippen molar-refractivity contribution >= 4 is 5.69 Å². The van der Waals surface area contributed by atoms with Crippen molar-refractivity contribution in [3.05, 3.63) is 29.3 Å². The Morgan fingerprint density at radius 3 is 2.06 bits per heavy atom. The molecule has 0 saturated carbocycles. The van der Waals surface area contributed by atoms with Crippen molar-refractivity contribution in [2.45, 2.75) is 6.18 Å². The van der Waals surface area contributed by atoms with E-state index in [0.29, 0.717) is 12.1 Å². The molecule has 0 amide bonds. The van der Waals surface area contributed by atoms with Crippen molar-refractivity contribution in [2.75, 3.05) is 11.9 Å². The molecule has 1 aromatic carbocycles. The van der Waals surface area contributed by atoms with E-state index in [1.54, 1.807) is 5.32 Å². The van der Waals surface area contributed by atoms with Crippen LogP contribution in [0.3, 0.4) is 0 Å². The van der Waals surface area contributed by atoms with E-state index < -0.39 is 30.0 Å². The number of hydrogen-bond acceptors (Lipinski definition) is 2. The molecule has 0 saturated heterocycles. The maximum absolute atomic E-state index is 13.1. The zero-order chi connectivity index (χ0) is 12.3. The lowest BCUT2D eigenvalue weighted by molar-refractivity contribution is -0.115. The van der Waals surface area contributed by atoms with Crippen LogP contribution in [-0.2, 0) is 0 Å². The average Bonchev–Trinajstić information content (AvgIpc) is 2.14. The first kappa shape index (κ1) is 12.2. The third-order valence-electron chi connectivity index (χ3n) is 1.64. The molecule has 0 aromatic heterocycles. The van der Waals surface area contributed by atoms with Crippen LogP contribution >= 0.6 is 0 Å². The van der Waals surface area contributed by atoms with Crippen LogP contribution in [0.1, 0.15) is 5.56 Å². The molecule has 1 aromatic rings. The van der Waals surface area contributed by atoms with Crippen molar-refractivity contribution in [1.29, 1.82) is 5.26 Å². The molecule has 7 heteroatoms. The number of hydrogen-bond donors (Lipinski definition) is 1. The Morgan fingerprint density at radius 1 is 1.19 bits per heavy atom. The van der Waals surface area contributed by atoms with Gasteiger partial charge >= 0.3 is 6.18 Å². The first-order valence-corrected chi connectivity index (χ1v) is 4.03. The van der Waals surface area contributed by atoms with Gasteiger partial charge in [-0.1, -0.05) is 0 Å². The molecule has 0 aliphatic rings. The summed E-state index contributed by atoms with van der Waals surface area (Å²) in [6.45, 7) is -1.55. The average molecular weight is 236 g/mol. The van der Waals surface area contributed by atoms with Crippen LogP contribution in [0, 0.1) is 23.0 Å². The van der Waals surface area contributed by atoms with Gasteiger partial charge in [0.2, 0.25) is 0 Å². The normalized spacial score (nSPS) is 11.0. The van der Waals surface area contributed by atoms with Crippen LogP contribution in [0.5, 0.6) is 0 Å². The van der Waals surface area contributed by atoms with E-state index in [1.165, 1.54) is 6.07 Å². The van der Waals surface area contributed by atoms with E-state index in [-0.39, 0.29) is 5.56 Å². The summed E-state index contributed by atoms with van der Waals surface area (Å²) in [7, 11) is 0. The smallest absolute Gasteiger partial charge is 0.372 e. The number of alkyl halides is 3. The number of benzene rings is 1. The minimum absolute atomic E-state index is 0.299. The fraction of sp³-hybridized carbons (Fsp3) is 0.222. The van der Waals surface area contributed by atoms with Gasteiger partial charge < -0.3 is 5.32 Å². The summed E-state index contributed by atoms with van der Waals surface area (Å²) in [6.07, 6.45) is -4.58. The molecule has 0 heterocycles. The summed E-state index contributed by atoms with van der Waals surface area (Å²) in [5.41, 5.74) is -1.19. The Kier molecular flexibility index (Phi) is 3.32. The molecule has 0 fully saturated rings. The number of nitrogens with one attached hydrogen (secondary N) is 1. The molecule has 1 rings (SSSR count). The molecule has 16 heavy (non-hydrogen) atoms. The molecule has 0 unspecified atom stereocenters. The quantitative estimate of drug-likeness (QED) is 0.801. The highest BCUT2D eigenvalue weighted by molar-refractivity contribution is 5.50. The van der Waals surface area contributed by atoms with E-state index >= 15 is 0 Å². The van der Waals surface area contributed by atoms with Gasteiger partial charge in [-0.15, -0.1) is 0 Å². The van der Waals surface area contributed by atoms with Crippen molar-refractivity contribution < 1.29 is 22.0 Å². The van der Waals surface area contributed by atoms with Crippen LogP contribution in [0.2, 0.25) is 0 Å². The van der Waals surface area contributed by atoms with Gasteiger partial charge in [0.05, 0.1) is 11.6 Å². The fourth-order valence-corrected chi connectivity index (χ4v) is 0.995. The van der Waals surface area contributed by atoms with Gasteiger partial charge in [-0.05, 0) is 12.1 Å². The Bertz CT molecular complexity index is 410. The van der Waals surface area contributed by atoms with E-state index in [4.69, 9.17) is 5.26 Å². The monoisotopic (exact) mass is 236 g/mol. The van der Waals surface area contributed by atoms with E-state index in [0.717, 1.165) is 0 Å².